The van der Waals surface area contributed by atoms with E-state index in [0.717, 1.165) is 5.69 Å². The molecule has 4 aromatic rings. The Kier molecular flexibility index (Phi) is 3.63. The number of hydrogen-bond acceptors (Lipinski definition) is 3. The van der Waals surface area contributed by atoms with E-state index in [0.29, 0.717) is 22.2 Å². The molecule has 0 radical (unpaired) electrons. The summed E-state index contributed by atoms with van der Waals surface area (Å²) in [6.45, 7) is 0. The van der Waals surface area contributed by atoms with Crippen molar-refractivity contribution in [2.75, 3.05) is 5.32 Å². The minimum absolute atomic E-state index is 0.316. The molecule has 0 aliphatic carbocycles. The summed E-state index contributed by atoms with van der Waals surface area (Å²) in [7, 11) is 0. The van der Waals surface area contributed by atoms with E-state index in [9.17, 15) is 9.59 Å². The Bertz CT molecular complexity index is 1110. The van der Waals surface area contributed by atoms with Crippen LogP contribution in [0.3, 0.4) is 0 Å². The molecule has 0 aliphatic heterocycles. The fraction of sp³-hybridized carbons (Fsp3) is 0. The van der Waals surface area contributed by atoms with Gasteiger partial charge in [0.1, 0.15) is 0 Å². The minimum atomic E-state index is -0.352. The molecule has 0 aliphatic rings. The molecular formula is C19H14N4O2. The Morgan fingerprint density at radius 1 is 1.04 bits per heavy atom. The largest absolute Gasteiger partial charge is 0.322 e. The maximum atomic E-state index is 12.6. The van der Waals surface area contributed by atoms with Crippen LogP contribution in [0.1, 0.15) is 10.4 Å². The lowest BCUT2D eigenvalue weighted by Gasteiger charge is -2.06. The van der Waals surface area contributed by atoms with E-state index < -0.39 is 0 Å². The molecular weight excluding hydrogens is 316 g/mol. The first-order valence-electron chi connectivity index (χ1n) is 7.74. The number of nitrogens with one attached hydrogen (secondary N) is 2. The van der Waals surface area contributed by atoms with Gasteiger partial charge in [0.2, 0.25) is 5.56 Å². The average Bonchev–Trinajstić information content (AvgIpc) is 3.10. The third-order valence-corrected chi connectivity index (χ3v) is 3.86. The minimum Gasteiger partial charge on any atom is -0.322 e. The molecule has 0 atom stereocenters. The van der Waals surface area contributed by atoms with Crippen LogP contribution in [0.25, 0.3) is 16.6 Å². The van der Waals surface area contributed by atoms with Crippen molar-refractivity contribution in [1.82, 2.24) is 14.8 Å². The third-order valence-electron chi connectivity index (χ3n) is 3.86. The second-order valence-corrected chi connectivity index (χ2v) is 5.56. The molecule has 0 spiro atoms. The van der Waals surface area contributed by atoms with E-state index in [1.54, 1.807) is 29.2 Å². The van der Waals surface area contributed by atoms with E-state index in [1.165, 1.54) is 6.07 Å². The third kappa shape index (κ3) is 2.92. The monoisotopic (exact) mass is 330 g/mol. The highest BCUT2D eigenvalue weighted by atomic mass is 16.2. The summed E-state index contributed by atoms with van der Waals surface area (Å²) in [6, 6.07) is 18.1. The van der Waals surface area contributed by atoms with E-state index in [-0.39, 0.29) is 11.5 Å². The standard InChI is InChI=1S/C19H14N4O2/c24-18-10-16(15-8-4-5-9-17(15)22-18)19(25)21-13-11-20-23(12-13)14-6-2-1-3-7-14/h1-12H,(H,21,25)(H,22,24). The molecule has 0 saturated carbocycles. The van der Waals surface area contributed by atoms with Gasteiger partial charge in [-0.2, -0.15) is 5.10 Å². The van der Waals surface area contributed by atoms with Crippen LogP contribution in [0.2, 0.25) is 0 Å². The zero-order valence-corrected chi connectivity index (χ0v) is 13.1. The number of H-pyrrole nitrogens is 1. The van der Waals surface area contributed by atoms with Crippen molar-refractivity contribution in [1.29, 1.82) is 0 Å². The van der Waals surface area contributed by atoms with Gasteiger partial charge in [-0.15, -0.1) is 0 Å². The van der Waals surface area contributed by atoms with Crippen molar-refractivity contribution in [3.63, 3.8) is 0 Å². The molecule has 2 N–H and O–H groups in total. The number of carbonyl (C=O) groups excluding carboxylic acids is 1. The summed E-state index contributed by atoms with van der Waals surface area (Å²) in [5.41, 5.74) is 2.08. The van der Waals surface area contributed by atoms with Gasteiger partial charge in [0.05, 0.1) is 29.3 Å². The number of carbonyl (C=O) groups is 1. The Morgan fingerprint density at radius 3 is 2.64 bits per heavy atom. The molecule has 6 nitrogen and oxygen atoms in total. The van der Waals surface area contributed by atoms with Crippen LogP contribution in [0.4, 0.5) is 5.69 Å². The highest BCUT2D eigenvalue weighted by molar-refractivity contribution is 6.12. The number of amides is 1. The van der Waals surface area contributed by atoms with Gasteiger partial charge >= 0.3 is 0 Å². The molecule has 2 aromatic carbocycles. The molecule has 2 aromatic heterocycles. The van der Waals surface area contributed by atoms with Crippen molar-refractivity contribution in [3.05, 3.63) is 89.0 Å². The second-order valence-electron chi connectivity index (χ2n) is 5.56. The molecule has 2 heterocycles. The first-order valence-corrected chi connectivity index (χ1v) is 7.74. The SMILES string of the molecule is O=C(Nc1cnn(-c2ccccc2)c1)c1cc(=O)[nH]c2ccccc12. The second kappa shape index (κ2) is 6.09. The molecule has 4 rings (SSSR count). The maximum Gasteiger partial charge on any atom is 0.256 e. The number of benzene rings is 2. The Labute approximate surface area is 142 Å². The number of para-hydroxylation sites is 2. The van der Waals surface area contributed by atoms with Gasteiger partial charge in [-0.1, -0.05) is 36.4 Å². The number of nitrogens with zero attached hydrogens (tertiary/aromatic N) is 2. The van der Waals surface area contributed by atoms with Crippen LogP contribution in [-0.2, 0) is 0 Å². The van der Waals surface area contributed by atoms with E-state index in [2.05, 4.69) is 15.4 Å². The van der Waals surface area contributed by atoms with Gasteiger partial charge in [-0.25, -0.2) is 4.68 Å². The number of aromatic amines is 1. The predicted octanol–water partition coefficient (Wildman–Crippen LogP) is 2.97. The van der Waals surface area contributed by atoms with Crippen LogP contribution in [0, 0.1) is 0 Å². The smallest absolute Gasteiger partial charge is 0.256 e. The topological polar surface area (TPSA) is 79.8 Å². The summed E-state index contributed by atoms with van der Waals surface area (Å²) in [5.74, 6) is -0.352. The van der Waals surface area contributed by atoms with Crippen molar-refractivity contribution >= 4 is 22.5 Å². The number of aromatic nitrogens is 3. The zero-order valence-electron chi connectivity index (χ0n) is 13.1. The summed E-state index contributed by atoms with van der Waals surface area (Å²) in [5, 5.41) is 7.73. The summed E-state index contributed by atoms with van der Waals surface area (Å²) >= 11 is 0. The van der Waals surface area contributed by atoms with E-state index in [4.69, 9.17) is 0 Å². The highest BCUT2D eigenvalue weighted by Crippen LogP contribution is 2.17. The molecule has 25 heavy (non-hydrogen) atoms. The molecule has 122 valence electrons. The zero-order chi connectivity index (χ0) is 17.2. The normalized spacial score (nSPS) is 10.7. The summed E-state index contributed by atoms with van der Waals surface area (Å²) in [4.78, 5) is 27.1. The van der Waals surface area contributed by atoms with E-state index >= 15 is 0 Å². The summed E-state index contributed by atoms with van der Waals surface area (Å²) in [6.07, 6.45) is 3.29. The lowest BCUT2D eigenvalue weighted by Crippen LogP contribution is -2.16. The van der Waals surface area contributed by atoms with Crippen molar-refractivity contribution < 1.29 is 4.79 Å². The molecule has 0 unspecified atom stereocenters. The number of anilines is 1. The van der Waals surface area contributed by atoms with Gasteiger partial charge in [-0.05, 0) is 18.2 Å². The lowest BCUT2D eigenvalue weighted by molar-refractivity contribution is 0.102. The van der Waals surface area contributed by atoms with Crippen LogP contribution in [0.5, 0.6) is 0 Å². The van der Waals surface area contributed by atoms with E-state index in [1.807, 2.05) is 42.5 Å². The Hall–Kier alpha value is -3.67. The van der Waals surface area contributed by atoms with Crippen LogP contribution < -0.4 is 10.9 Å². The number of pyridine rings is 1. The van der Waals surface area contributed by atoms with Gasteiger partial charge in [0.15, 0.2) is 0 Å². The number of hydrogen-bond donors (Lipinski definition) is 2. The maximum absolute atomic E-state index is 12.6. The predicted molar refractivity (Wildman–Crippen MR) is 96.1 cm³/mol. The highest BCUT2D eigenvalue weighted by Gasteiger charge is 2.13. The summed E-state index contributed by atoms with van der Waals surface area (Å²) < 4.78 is 1.67. The molecule has 0 fully saturated rings. The van der Waals surface area contributed by atoms with Gasteiger partial charge in [-0.3, -0.25) is 9.59 Å². The average molecular weight is 330 g/mol. The van der Waals surface area contributed by atoms with Gasteiger partial charge in [0.25, 0.3) is 5.91 Å². The quantitative estimate of drug-likeness (QED) is 0.606. The molecule has 1 amide bonds. The number of rotatable bonds is 3. The lowest BCUT2D eigenvalue weighted by atomic mass is 10.1. The van der Waals surface area contributed by atoms with Gasteiger partial charge < -0.3 is 10.3 Å². The fourth-order valence-corrected chi connectivity index (χ4v) is 2.70. The first kappa shape index (κ1) is 14.9. The van der Waals surface area contributed by atoms with Crippen molar-refractivity contribution in [2.24, 2.45) is 0 Å². The Balaban J connectivity index is 1.65. The van der Waals surface area contributed by atoms with Crippen molar-refractivity contribution in [3.8, 4) is 5.69 Å². The van der Waals surface area contributed by atoms with Crippen LogP contribution in [0.15, 0.2) is 77.9 Å². The number of fused-ring (bicyclic) bond motifs is 1. The Morgan fingerprint density at radius 2 is 1.80 bits per heavy atom. The molecule has 6 heteroatoms. The van der Waals surface area contributed by atoms with Crippen molar-refractivity contribution in [2.45, 2.75) is 0 Å². The van der Waals surface area contributed by atoms with Gasteiger partial charge in [0, 0.05) is 17.0 Å². The fourth-order valence-electron chi connectivity index (χ4n) is 2.70. The first-order chi connectivity index (χ1) is 12.2. The molecule has 0 saturated heterocycles. The van der Waals surface area contributed by atoms with Crippen LogP contribution in [-0.4, -0.2) is 20.7 Å². The molecule has 0 bridgehead atoms. The van der Waals surface area contributed by atoms with Crippen LogP contribution >= 0.6 is 0 Å².